The molecule has 28 heavy (non-hydrogen) atoms. The topological polar surface area (TPSA) is 102 Å². The number of nitrogens with two attached hydrogens (primary N) is 1. The number of para-hydroxylation sites is 1. The Labute approximate surface area is 163 Å². The number of rotatable bonds is 6. The van der Waals surface area contributed by atoms with Crippen LogP contribution in [-0.4, -0.2) is 45.3 Å². The van der Waals surface area contributed by atoms with Gasteiger partial charge in [0.25, 0.3) is 5.91 Å². The molecular weight excluding hydrogens is 354 g/mol. The number of nitrogens with zero attached hydrogens (tertiary/aromatic N) is 5. The molecule has 2 aromatic heterocycles. The van der Waals surface area contributed by atoms with Crippen molar-refractivity contribution >= 4 is 22.8 Å². The molecule has 1 aliphatic heterocycles. The van der Waals surface area contributed by atoms with Crippen LogP contribution in [0, 0.1) is 5.92 Å². The Balaban J connectivity index is 1.27. The molecule has 3 aromatic rings. The number of aromatic nitrogens is 4. The van der Waals surface area contributed by atoms with Crippen LogP contribution >= 0.6 is 0 Å². The van der Waals surface area contributed by atoms with Gasteiger partial charge in [0.2, 0.25) is 5.95 Å². The lowest BCUT2D eigenvalue weighted by molar-refractivity contribution is 0.0999. The number of amides is 1. The molecule has 1 saturated heterocycles. The van der Waals surface area contributed by atoms with Gasteiger partial charge in [-0.25, -0.2) is 9.97 Å². The molecule has 0 bridgehead atoms. The molecule has 8 heteroatoms. The predicted molar refractivity (Wildman–Crippen MR) is 108 cm³/mol. The summed E-state index contributed by atoms with van der Waals surface area (Å²) in [6.45, 7) is 3.57. The lowest BCUT2D eigenvalue weighted by Crippen LogP contribution is -2.38. The highest BCUT2D eigenvalue weighted by atomic mass is 16.1. The first kappa shape index (κ1) is 18.4. The van der Waals surface area contributed by atoms with Crippen molar-refractivity contribution in [2.24, 2.45) is 18.7 Å². The summed E-state index contributed by atoms with van der Waals surface area (Å²) in [6.07, 6.45) is 5.15. The molecule has 0 spiro atoms. The number of carbonyl (C=O) groups excluding carboxylic acids is 1. The Kier molecular flexibility index (Phi) is 5.21. The van der Waals surface area contributed by atoms with Crippen molar-refractivity contribution in [3.8, 4) is 0 Å². The SMILES string of the molecule is Cn1nc(CNCC2CCN(c3ncc(C(N)=O)cn3)CC2)c2ccccc21. The number of hydrogen-bond donors (Lipinski definition) is 2. The van der Waals surface area contributed by atoms with E-state index >= 15 is 0 Å². The maximum absolute atomic E-state index is 11.1. The van der Waals surface area contributed by atoms with E-state index in [4.69, 9.17) is 5.73 Å². The zero-order chi connectivity index (χ0) is 19.5. The molecule has 0 unspecified atom stereocenters. The molecule has 0 atom stereocenters. The Morgan fingerprint density at radius 3 is 2.64 bits per heavy atom. The average molecular weight is 379 g/mol. The van der Waals surface area contributed by atoms with Gasteiger partial charge in [-0.3, -0.25) is 9.48 Å². The quantitative estimate of drug-likeness (QED) is 0.672. The first-order valence-electron chi connectivity index (χ1n) is 9.60. The summed E-state index contributed by atoms with van der Waals surface area (Å²) < 4.78 is 1.94. The van der Waals surface area contributed by atoms with Gasteiger partial charge < -0.3 is 16.0 Å². The van der Waals surface area contributed by atoms with Crippen LogP contribution in [0.25, 0.3) is 10.9 Å². The van der Waals surface area contributed by atoms with Gasteiger partial charge in [0, 0.05) is 44.5 Å². The summed E-state index contributed by atoms with van der Waals surface area (Å²) in [4.78, 5) is 21.8. The number of fused-ring (bicyclic) bond motifs is 1. The monoisotopic (exact) mass is 379 g/mol. The van der Waals surface area contributed by atoms with E-state index in [0.717, 1.165) is 50.2 Å². The molecule has 1 aliphatic rings. The van der Waals surface area contributed by atoms with Crippen LogP contribution in [0.15, 0.2) is 36.7 Å². The minimum Gasteiger partial charge on any atom is -0.366 e. The van der Waals surface area contributed by atoms with Crippen LogP contribution in [0.1, 0.15) is 28.9 Å². The van der Waals surface area contributed by atoms with Gasteiger partial charge >= 0.3 is 0 Å². The van der Waals surface area contributed by atoms with Crippen LogP contribution in [0.3, 0.4) is 0 Å². The lowest BCUT2D eigenvalue weighted by Gasteiger charge is -2.32. The first-order chi connectivity index (χ1) is 13.6. The van der Waals surface area contributed by atoms with Gasteiger partial charge in [0.1, 0.15) is 0 Å². The number of piperidine rings is 1. The largest absolute Gasteiger partial charge is 0.366 e. The van der Waals surface area contributed by atoms with Crippen molar-refractivity contribution < 1.29 is 4.79 Å². The van der Waals surface area contributed by atoms with Gasteiger partial charge in [-0.05, 0) is 31.4 Å². The highest BCUT2D eigenvalue weighted by molar-refractivity contribution is 5.92. The van der Waals surface area contributed by atoms with Gasteiger partial charge in [0.15, 0.2) is 0 Å². The Morgan fingerprint density at radius 1 is 1.21 bits per heavy atom. The Bertz CT molecular complexity index is 958. The summed E-state index contributed by atoms with van der Waals surface area (Å²) in [6, 6.07) is 8.32. The van der Waals surface area contributed by atoms with Crippen molar-refractivity contribution in [2.45, 2.75) is 19.4 Å². The van der Waals surface area contributed by atoms with E-state index < -0.39 is 5.91 Å². The number of benzene rings is 1. The summed E-state index contributed by atoms with van der Waals surface area (Å²) in [5.74, 6) is 0.782. The van der Waals surface area contributed by atoms with Crippen LogP contribution in [0.2, 0.25) is 0 Å². The fourth-order valence-corrected chi connectivity index (χ4v) is 3.76. The highest BCUT2D eigenvalue weighted by Crippen LogP contribution is 2.21. The van der Waals surface area contributed by atoms with E-state index in [9.17, 15) is 4.79 Å². The highest BCUT2D eigenvalue weighted by Gasteiger charge is 2.21. The van der Waals surface area contributed by atoms with E-state index in [1.807, 2.05) is 17.8 Å². The number of anilines is 1. The number of nitrogens with one attached hydrogen (secondary N) is 1. The van der Waals surface area contributed by atoms with Crippen LogP contribution < -0.4 is 16.0 Å². The Morgan fingerprint density at radius 2 is 1.93 bits per heavy atom. The van der Waals surface area contributed by atoms with Crippen LogP contribution in [0.5, 0.6) is 0 Å². The summed E-state index contributed by atoms with van der Waals surface area (Å²) in [5, 5.41) is 9.43. The van der Waals surface area contributed by atoms with Crippen LogP contribution in [-0.2, 0) is 13.6 Å². The molecule has 1 fully saturated rings. The second kappa shape index (κ2) is 7.93. The zero-order valence-corrected chi connectivity index (χ0v) is 16.0. The minimum absolute atomic E-state index is 0.338. The maximum Gasteiger partial charge on any atom is 0.251 e. The molecule has 8 nitrogen and oxygen atoms in total. The summed E-state index contributed by atoms with van der Waals surface area (Å²) >= 11 is 0. The van der Waals surface area contributed by atoms with E-state index in [1.54, 1.807) is 0 Å². The fraction of sp³-hybridized carbons (Fsp3) is 0.400. The molecular formula is C20H25N7O. The first-order valence-corrected chi connectivity index (χ1v) is 9.60. The molecule has 0 aliphatic carbocycles. The summed E-state index contributed by atoms with van der Waals surface area (Å²) in [7, 11) is 1.99. The molecule has 1 aromatic carbocycles. The standard InChI is InChI=1S/C20H25N7O/c1-26-18-5-3-2-4-16(18)17(25-26)13-22-10-14-6-8-27(9-7-14)20-23-11-15(12-24-20)19(21)28/h2-5,11-12,14,22H,6-10,13H2,1H3,(H2,21,28). The van der Waals surface area contributed by atoms with Crippen molar-refractivity contribution in [1.82, 2.24) is 25.1 Å². The van der Waals surface area contributed by atoms with E-state index in [1.165, 1.54) is 17.8 Å². The second-order valence-electron chi connectivity index (χ2n) is 7.28. The fourth-order valence-electron chi connectivity index (χ4n) is 3.76. The predicted octanol–water partition coefficient (Wildman–Crippen LogP) is 1.47. The number of carbonyl (C=O) groups is 1. The van der Waals surface area contributed by atoms with Gasteiger partial charge in [-0.1, -0.05) is 18.2 Å². The van der Waals surface area contributed by atoms with E-state index in [0.29, 0.717) is 17.4 Å². The van der Waals surface area contributed by atoms with Crippen molar-refractivity contribution in [3.63, 3.8) is 0 Å². The smallest absolute Gasteiger partial charge is 0.251 e. The third-order valence-electron chi connectivity index (χ3n) is 5.38. The van der Waals surface area contributed by atoms with E-state index in [2.05, 4.69) is 43.5 Å². The normalized spacial score (nSPS) is 15.2. The molecule has 1 amide bonds. The minimum atomic E-state index is -0.503. The van der Waals surface area contributed by atoms with Gasteiger partial charge in [0.05, 0.1) is 16.8 Å². The van der Waals surface area contributed by atoms with Gasteiger partial charge in [-0.2, -0.15) is 5.10 Å². The maximum atomic E-state index is 11.1. The third kappa shape index (κ3) is 3.82. The average Bonchev–Trinajstić information content (AvgIpc) is 3.05. The zero-order valence-electron chi connectivity index (χ0n) is 16.0. The van der Waals surface area contributed by atoms with Crippen molar-refractivity contribution in [1.29, 1.82) is 0 Å². The number of primary amides is 1. The molecule has 3 heterocycles. The Hall–Kier alpha value is -3.00. The molecule has 146 valence electrons. The van der Waals surface area contributed by atoms with Crippen molar-refractivity contribution in [3.05, 3.63) is 47.9 Å². The molecule has 3 N–H and O–H groups in total. The van der Waals surface area contributed by atoms with Crippen molar-refractivity contribution in [2.75, 3.05) is 24.5 Å². The molecule has 0 radical (unpaired) electrons. The van der Waals surface area contributed by atoms with E-state index in [-0.39, 0.29) is 0 Å². The number of aryl methyl sites for hydroxylation is 1. The molecule has 4 rings (SSSR count). The molecule has 0 saturated carbocycles. The lowest BCUT2D eigenvalue weighted by atomic mass is 9.97. The van der Waals surface area contributed by atoms with Gasteiger partial charge in [-0.15, -0.1) is 0 Å². The van der Waals surface area contributed by atoms with Crippen LogP contribution in [0.4, 0.5) is 5.95 Å². The third-order valence-corrected chi connectivity index (χ3v) is 5.38. The summed E-state index contributed by atoms with van der Waals surface area (Å²) in [5.41, 5.74) is 7.83. The number of hydrogen-bond acceptors (Lipinski definition) is 6. The second-order valence-corrected chi connectivity index (χ2v) is 7.28.